The Morgan fingerprint density at radius 2 is 1.25 bits per heavy atom. The van der Waals surface area contributed by atoms with E-state index in [1.165, 1.54) is 6.07 Å². The number of carbonyl (C=O) groups excluding carboxylic acids is 3. The minimum atomic E-state index is -1.24. The van der Waals surface area contributed by atoms with Crippen LogP contribution in [0, 0.1) is 11.8 Å². The van der Waals surface area contributed by atoms with Gasteiger partial charge in [0.05, 0.1) is 21.9 Å². The number of rotatable bonds is 4. The number of nitrogens with zero attached hydrogens (tertiary/aromatic N) is 1. The Labute approximate surface area is 227 Å². The molecule has 1 saturated heterocycles. The van der Waals surface area contributed by atoms with Gasteiger partial charge in [0.1, 0.15) is 9.75 Å². The van der Waals surface area contributed by atoms with Gasteiger partial charge in [-0.05, 0) is 40.5 Å². The Morgan fingerprint density at radius 3 is 1.69 bits per heavy atom. The summed E-state index contributed by atoms with van der Waals surface area (Å²) in [4.78, 5) is 38.8. The van der Waals surface area contributed by atoms with Gasteiger partial charge in [-0.2, -0.15) is 0 Å². The van der Waals surface area contributed by atoms with Gasteiger partial charge in [-0.3, -0.25) is 19.3 Å². The number of alkyl halides is 2. The van der Waals surface area contributed by atoms with Gasteiger partial charge in [-0.1, -0.05) is 71.7 Å². The predicted molar refractivity (Wildman–Crippen MR) is 140 cm³/mol. The number of imide groups is 1. The van der Waals surface area contributed by atoms with Gasteiger partial charge in [0, 0.05) is 18.7 Å². The van der Waals surface area contributed by atoms with Crippen LogP contribution < -0.4 is 5.32 Å². The quantitative estimate of drug-likeness (QED) is 0.319. The highest BCUT2D eigenvalue weighted by atomic mass is 35.5. The van der Waals surface area contributed by atoms with Crippen molar-refractivity contribution in [2.24, 2.45) is 11.8 Å². The fourth-order valence-electron chi connectivity index (χ4n) is 5.96. The first-order chi connectivity index (χ1) is 17.2. The Bertz CT molecular complexity index is 1350. The van der Waals surface area contributed by atoms with Crippen molar-refractivity contribution < 1.29 is 14.4 Å². The molecular formula is C27H18Cl4N2O3. The lowest BCUT2D eigenvalue weighted by Gasteiger charge is -2.54. The average Bonchev–Trinajstić information content (AvgIpc) is 3.14. The molecule has 2 atom stereocenters. The maximum atomic E-state index is 13.8. The van der Waals surface area contributed by atoms with Gasteiger partial charge in [0.2, 0.25) is 17.7 Å². The molecule has 9 heteroatoms. The number of halogens is 4. The number of amides is 3. The topological polar surface area (TPSA) is 66.5 Å². The number of likely N-dealkylation sites (tertiary alicyclic amines) is 1. The molecule has 2 bridgehead atoms. The van der Waals surface area contributed by atoms with E-state index in [1.807, 2.05) is 48.5 Å². The third-order valence-corrected chi connectivity index (χ3v) is 9.47. The highest BCUT2D eigenvalue weighted by Gasteiger charge is 2.72. The number of benzene rings is 3. The van der Waals surface area contributed by atoms with Crippen molar-refractivity contribution in [1.82, 2.24) is 4.90 Å². The van der Waals surface area contributed by atoms with Crippen molar-refractivity contribution in [2.45, 2.75) is 16.2 Å². The largest absolute Gasteiger partial charge is 0.326 e. The number of carbonyl (C=O) groups is 3. The van der Waals surface area contributed by atoms with Crippen LogP contribution in [0.25, 0.3) is 0 Å². The smallest absolute Gasteiger partial charge is 0.235 e. The molecule has 0 radical (unpaired) electrons. The molecule has 3 aromatic rings. The summed E-state index contributed by atoms with van der Waals surface area (Å²) < 4.78 is 0. The number of hydrogen-bond acceptors (Lipinski definition) is 3. The summed E-state index contributed by atoms with van der Waals surface area (Å²) in [6.07, 6.45) is -0.0956. The molecule has 182 valence electrons. The van der Waals surface area contributed by atoms with Crippen molar-refractivity contribution in [2.75, 3.05) is 11.9 Å². The van der Waals surface area contributed by atoms with E-state index >= 15 is 0 Å². The van der Waals surface area contributed by atoms with Crippen LogP contribution in [-0.4, -0.2) is 29.2 Å². The van der Waals surface area contributed by atoms with E-state index in [0.717, 1.165) is 27.2 Å². The minimum Gasteiger partial charge on any atom is -0.326 e. The van der Waals surface area contributed by atoms with Crippen LogP contribution in [0.1, 0.15) is 28.7 Å². The molecule has 3 amide bonds. The number of anilines is 1. The lowest BCUT2D eigenvalue weighted by atomic mass is 9.54. The lowest BCUT2D eigenvalue weighted by Crippen LogP contribution is -2.57. The molecule has 4 aliphatic rings. The second-order valence-corrected chi connectivity index (χ2v) is 11.2. The fourth-order valence-corrected chi connectivity index (χ4v) is 7.35. The molecular weight excluding hydrogens is 542 g/mol. The van der Waals surface area contributed by atoms with Crippen molar-refractivity contribution >= 4 is 69.8 Å². The Balaban J connectivity index is 1.33. The van der Waals surface area contributed by atoms with Crippen molar-refractivity contribution in [3.05, 3.63) is 99.0 Å². The fraction of sp³-hybridized carbons (Fsp3) is 0.222. The minimum absolute atomic E-state index is 0.0928. The molecule has 0 aromatic heterocycles. The second kappa shape index (κ2) is 8.22. The van der Waals surface area contributed by atoms with Crippen LogP contribution in [0.4, 0.5) is 5.69 Å². The van der Waals surface area contributed by atoms with E-state index in [2.05, 4.69) is 5.32 Å². The maximum absolute atomic E-state index is 13.8. The standard InChI is InChI=1S/C27H18Cl4N2O3/c28-19-10-9-14(13-20(19)29)32-21(34)11-12-33-24(35)22-23(25(33)36)27(31)16-6-2-1-5-15(16)26(22,30)17-7-3-4-8-18(17)27/h1-10,13,22-23H,11-12H2,(H,32,34)/t22-,23-,26?,27?/m0/s1. The third-order valence-electron chi connectivity index (χ3n) is 7.44. The monoisotopic (exact) mass is 558 g/mol. The van der Waals surface area contributed by atoms with Gasteiger partial charge in [0.25, 0.3) is 0 Å². The highest BCUT2D eigenvalue weighted by molar-refractivity contribution is 6.42. The second-order valence-electron chi connectivity index (χ2n) is 9.23. The molecule has 1 fully saturated rings. The summed E-state index contributed by atoms with van der Waals surface area (Å²) >= 11 is 26.7. The first-order valence-electron chi connectivity index (χ1n) is 11.4. The molecule has 1 N–H and O–H groups in total. The van der Waals surface area contributed by atoms with Gasteiger partial charge in [0.15, 0.2) is 0 Å². The van der Waals surface area contributed by atoms with Crippen molar-refractivity contribution in [3.8, 4) is 0 Å². The van der Waals surface area contributed by atoms with E-state index in [-0.39, 0.29) is 18.9 Å². The van der Waals surface area contributed by atoms with Crippen molar-refractivity contribution in [3.63, 3.8) is 0 Å². The number of nitrogens with one attached hydrogen (secondary N) is 1. The molecule has 0 saturated carbocycles. The lowest BCUT2D eigenvalue weighted by molar-refractivity contribution is -0.140. The van der Waals surface area contributed by atoms with E-state index in [4.69, 9.17) is 46.4 Å². The molecule has 3 aliphatic carbocycles. The highest BCUT2D eigenvalue weighted by Crippen LogP contribution is 2.69. The maximum Gasteiger partial charge on any atom is 0.235 e. The van der Waals surface area contributed by atoms with E-state index in [9.17, 15) is 14.4 Å². The number of hydrogen-bond donors (Lipinski definition) is 1. The predicted octanol–water partition coefficient (Wildman–Crippen LogP) is 5.92. The molecule has 0 spiro atoms. The van der Waals surface area contributed by atoms with Crippen LogP contribution in [0.3, 0.4) is 0 Å². The van der Waals surface area contributed by atoms with Gasteiger partial charge < -0.3 is 5.32 Å². The van der Waals surface area contributed by atoms with Crippen LogP contribution in [-0.2, 0) is 24.1 Å². The van der Waals surface area contributed by atoms with E-state index < -0.39 is 33.4 Å². The van der Waals surface area contributed by atoms with Crippen molar-refractivity contribution in [1.29, 1.82) is 0 Å². The summed E-state index contributed by atoms with van der Waals surface area (Å²) in [6, 6.07) is 19.6. The Morgan fingerprint density at radius 1 is 0.778 bits per heavy atom. The van der Waals surface area contributed by atoms with Crippen LogP contribution in [0.5, 0.6) is 0 Å². The van der Waals surface area contributed by atoms with E-state index in [1.54, 1.807) is 12.1 Å². The molecule has 7 rings (SSSR count). The normalized spacial score (nSPS) is 27.5. The summed E-state index contributed by atoms with van der Waals surface area (Å²) in [6.45, 7) is -0.0928. The van der Waals surface area contributed by atoms with Crippen LogP contribution >= 0.6 is 46.4 Å². The average molecular weight is 560 g/mol. The van der Waals surface area contributed by atoms with E-state index in [0.29, 0.717) is 15.7 Å². The molecule has 3 aromatic carbocycles. The van der Waals surface area contributed by atoms with Gasteiger partial charge in [-0.25, -0.2) is 0 Å². The molecule has 1 heterocycles. The Kier molecular flexibility index (Phi) is 5.44. The Hall–Kier alpha value is -2.57. The SMILES string of the molecule is O=C(CCN1C(=O)[C@@H]2[C@@H](C1=O)C1(Cl)c3ccccc3C2(Cl)c2ccccc21)Nc1ccc(Cl)c(Cl)c1. The first-order valence-corrected chi connectivity index (χ1v) is 12.9. The summed E-state index contributed by atoms with van der Waals surface area (Å²) in [5, 5.41) is 3.39. The summed E-state index contributed by atoms with van der Waals surface area (Å²) in [5.74, 6) is -2.98. The van der Waals surface area contributed by atoms with Crippen LogP contribution in [0.2, 0.25) is 10.0 Å². The summed E-state index contributed by atoms with van der Waals surface area (Å²) in [7, 11) is 0. The molecule has 0 unspecified atom stereocenters. The van der Waals surface area contributed by atoms with Gasteiger partial charge >= 0.3 is 0 Å². The van der Waals surface area contributed by atoms with Gasteiger partial charge in [-0.15, -0.1) is 23.2 Å². The molecule has 1 aliphatic heterocycles. The first kappa shape index (κ1) is 23.8. The molecule has 5 nitrogen and oxygen atoms in total. The third kappa shape index (κ3) is 3.07. The van der Waals surface area contributed by atoms with Crippen LogP contribution in [0.15, 0.2) is 66.7 Å². The molecule has 36 heavy (non-hydrogen) atoms. The zero-order chi connectivity index (χ0) is 25.4. The summed E-state index contributed by atoms with van der Waals surface area (Å²) in [5.41, 5.74) is 3.42. The zero-order valence-corrected chi connectivity index (χ0v) is 21.6. The zero-order valence-electron chi connectivity index (χ0n) is 18.6.